The average Bonchev–Trinajstić information content (AvgIpc) is 2.08. The molecule has 5 heteroatoms. The second kappa shape index (κ2) is 4.04. The molecule has 1 aromatic carbocycles. The van der Waals surface area contributed by atoms with Crippen molar-refractivity contribution in [3.05, 3.63) is 28.2 Å². The van der Waals surface area contributed by atoms with E-state index in [1.807, 2.05) is 0 Å². The van der Waals surface area contributed by atoms with Gasteiger partial charge in [0.2, 0.25) is 6.41 Å². The second-order valence-electron chi connectivity index (χ2n) is 2.26. The van der Waals surface area contributed by atoms with Crippen LogP contribution in [0.5, 0.6) is 0 Å². The summed E-state index contributed by atoms with van der Waals surface area (Å²) in [6.45, 7) is 0. The molecule has 1 amide bonds. The van der Waals surface area contributed by atoms with Gasteiger partial charge < -0.3 is 10.4 Å². The molecule has 1 rings (SSSR count). The molecule has 4 nitrogen and oxygen atoms in total. The third-order valence-corrected chi connectivity index (χ3v) is 2.12. The van der Waals surface area contributed by atoms with Crippen LogP contribution in [0, 0.1) is 0 Å². The van der Waals surface area contributed by atoms with E-state index in [0.29, 0.717) is 16.6 Å². The number of amides is 1. The molecule has 0 saturated carbocycles. The van der Waals surface area contributed by atoms with Gasteiger partial charge in [-0.1, -0.05) is 0 Å². The van der Waals surface area contributed by atoms with Gasteiger partial charge in [0.05, 0.1) is 11.3 Å². The third kappa shape index (κ3) is 2.29. The predicted molar refractivity (Wildman–Crippen MR) is 50.8 cm³/mol. The molecule has 0 heterocycles. The molecule has 0 aliphatic heterocycles. The van der Waals surface area contributed by atoms with Gasteiger partial charge in [-0.25, -0.2) is 4.79 Å². The molecule has 0 spiro atoms. The fraction of sp³-hybridized carbons (Fsp3) is 0. The molecule has 0 bridgehead atoms. The third-order valence-electron chi connectivity index (χ3n) is 1.43. The largest absolute Gasteiger partial charge is 0.478 e. The second-order valence-corrected chi connectivity index (χ2v) is 3.12. The van der Waals surface area contributed by atoms with Crippen molar-refractivity contribution in [2.24, 2.45) is 0 Å². The lowest BCUT2D eigenvalue weighted by atomic mass is 10.2. The van der Waals surface area contributed by atoms with Crippen LogP contribution in [-0.4, -0.2) is 17.5 Å². The molecular weight excluding hydrogens is 238 g/mol. The number of carboxylic acids is 1. The molecule has 0 atom stereocenters. The Hall–Kier alpha value is -1.36. The van der Waals surface area contributed by atoms with E-state index in [-0.39, 0.29) is 5.56 Å². The molecule has 0 radical (unpaired) electrons. The fourth-order valence-electron chi connectivity index (χ4n) is 0.832. The highest BCUT2D eigenvalue weighted by atomic mass is 79.9. The zero-order valence-corrected chi connectivity index (χ0v) is 8.04. The average molecular weight is 244 g/mol. The number of halogens is 1. The van der Waals surface area contributed by atoms with Crippen molar-refractivity contribution >= 4 is 34.0 Å². The van der Waals surface area contributed by atoms with Crippen molar-refractivity contribution in [2.45, 2.75) is 0 Å². The van der Waals surface area contributed by atoms with Crippen LogP contribution < -0.4 is 5.32 Å². The quantitative estimate of drug-likeness (QED) is 0.795. The molecule has 2 N–H and O–H groups in total. The lowest BCUT2D eigenvalue weighted by molar-refractivity contribution is -0.105. The number of benzene rings is 1. The summed E-state index contributed by atoms with van der Waals surface area (Å²) in [6, 6.07) is 4.39. The Bertz CT molecular complexity index is 351. The first-order valence-corrected chi connectivity index (χ1v) is 4.17. The van der Waals surface area contributed by atoms with Crippen molar-refractivity contribution in [2.75, 3.05) is 5.32 Å². The Labute approximate surface area is 82.7 Å². The normalized spacial score (nSPS) is 9.31. The number of aromatic carboxylic acids is 1. The smallest absolute Gasteiger partial charge is 0.335 e. The summed E-state index contributed by atoms with van der Waals surface area (Å²) in [5, 5.41) is 11.0. The first-order valence-electron chi connectivity index (χ1n) is 3.38. The number of hydrogen-bond donors (Lipinski definition) is 2. The van der Waals surface area contributed by atoms with E-state index in [9.17, 15) is 9.59 Å². The van der Waals surface area contributed by atoms with Crippen molar-refractivity contribution in [3.63, 3.8) is 0 Å². The summed E-state index contributed by atoms with van der Waals surface area (Å²) >= 11 is 3.17. The van der Waals surface area contributed by atoms with Crippen LogP contribution >= 0.6 is 15.9 Å². The highest BCUT2D eigenvalue weighted by molar-refractivity contribution is 9.10. The van der Waals surface area contributed by atoms with Crippen molar-refractivity contribution < 1.29 is 14.7 Å². The number of carbonyl (C=O) groups is 2. The minimum Gasteiger partial charge on any atom is -0.478 e. The number of nitrogens with one attached hydrogen (secondary N) is 1. The number of carbonyl (C=O) groups excluding carboxylic acids is 1. The highest BCUT2D eigenvalue weighted by Crippen LogP contribution is 2.22. The van der Waals surface area contributed by atoms with E-state index in [1.54, 1.807) is 6.07 Å². The summed E-state index contributed by atoms with van der Waals surface area (Å²) in [7, 11) is 0. The van der Waals surface area contributed by atoms with Gasteiger partial charge in [-0.05, 0) is 34.1 Å². The highest BCUT2D eigenvalue weighted by Gasteiger charge is 2.05. The van der Waals surface area contributed by atoms with Crippen LogP contribution in [0.25, 0.3) is 0 Å². The summed E-state index contributed by atoms with van der Waals surface area (Å²) < 4.78 is 0.643. The van der Waals surface area contributed by atoms with Crippen LogP contribution in [0.2, 0.25) is 0 Å². The molecule has 0 aliphatic rings. The van der Waals surface area contributed by atoms with Crippen LogP contribution in [0.4, 0.5) is 5.69 Å². The fourth-order valence-corrected chi connectivity index (χ4v) is 1.19. The minimum absolute atomic E-state index is 0.132. The maximum absolute atomic E-state index is 10.5. The molecule has 1 aromatic rings. The molecule has 0 fully saturated rings. The number of hydrogen-bond acceptors (Lipinski definition) is 2. The monoisotopic (exact) mass is 243 g/mol. The molecule has 13 heavy (non-hydrogen) atoms. The standard InChI is InChI=1S/C8H6BrNO3/c9-6-2-1-5(8(12)13)3-7(6)10-4-11/h1-4H,(H,10,11)(H,12,13). The van der Waals surface area contributed by atoms with Gasteiger partial charge in [0, 0.05) is 4.47 Å². The summed E-state index contributed by atoms with van der Waals surface area (Å²) in [5.41, 5.74) is 0.572. The topological polar surface area (TPSA) is 66.4 Å². The SMILES string of the molecule is O=CNc1cc(C(=O)O)ccc1Br. The van der Waals surface area contributed by atoms with Gasteiger partial charge in [-0.2, -0.15) is 0 Å². The van der Waals surface area contributed by atoms with E-state index in [4.69, 9.17) is 5.11 Å². The van der Waals surface area contributed by atoms with Crippen molar-refractivity contribution in [1.29, 1.82) is 0 Å². The van der Waals surface area contributed by atoms with E-state index in [0.717, 1.165) is 0 Å². The Kier molecular flexibility index (Phi) is 3.02. The first-order chi connectivity index (χ1) is 6.15. The summed E-state index contributed by atoms with van der Waals surface area (Å²) in [4.78, 5) is 20.7. The Morgan fingerprint density at radius 1 is 1.54 bits per heavy atom. The molecule has 68 valence electrons. The minimum atomic E-state index is -1.03. The van der Waals surface area contributed by atoms with Gasteiger partial charge in [0.15, 0.2) is 0 Å². The van der Waals surface area contributed by atoms with Crippen molar-refractivity contribution in [1.82, 2.24) is 0 Å². The van der Waals surface area contributed by atoms with Gasteiger partial charge in [0.25, 0.3) is 0 Å². The van der Waals surface area contributed by atoms with E-state index >= 15 is 0 Å². The Morgan fingerprint density at radius 3 is 2.77 bits per heavy atom. The number of anilines is 1. The van der Waals surface area contributed by atoms with Crippen LogP contribution in [0.15, 0.2) is 22.7 Å². The lowest BCUT2D eigenvalue weighted by Crippen LogP contribution is -2.00. The Balaban J connectivity index is 3.10. The molecule has 0 aliphatic carbocycles. The molecular formula is C8H6BrNO3. The van der Waals surface area contributed by atoms with Gasteiger partial charge in [-0.3, -0.25) is 4.79 Å². The zero-order valence-electron chi connectivity index (χ0n) is 6.45. The molecule has 0 saturated heterocycles. The van der Waals surface area contributed by atoms with Gasteiger partial charge in [0.1, 0.15) is 0 Å². The summed E-state index contributed by atoms with van der Waals surface area (Å²) in [5.74, 6) is -1.03. The Morgan fingerprint density at radius 2 is 2.23 bits per heavy atom. The van der Waals surface area contributed by atoms with Crippen molar-refractivity contribution in [3.8, 4) is 0 Å². The zero-order chi connectivity index (χ0) is 9.84. The first kappa shape index (κ1) is 9.73. The lowest BCUT2D eigenvalue weighted by Gasteiger charge is -2.02. The van der Waals surface area contributed by atoms with Crippen LogP contribution in [0.3, 0.4) is 0 Å². The van der Waals surface area contributed by atoms with Crippen LogP contribution in [-0.2, 0) is 4.79 Å². The van der Waals surface area contributed by atoms with E-state index in [1.165, 1.54) is 12.1 Å². The van der Waals surface area contributed by atoms with Crippen LogP contribution in [0.1, 0.15) is 10.4 Å². The van der Waals surface area contributed by atoms with E-state index in [2.05, 4.69) is 21.2 Å². The molecule has 0 aromatic heterocycles. The van der Waals surface area contributed by atoms with E-state index < -0.39 is 5.97 Å². The van der Waals surface area contributed by atoms with Gasteiger partial charge >= 0.3 is 5.97 Å². The number of rotatable bonds is 3. The maximum Gasteiger partial charge on any atom is 0.335 e. The maximum atomic E-state index is 10.5. The predicted octanol–water partition coefficient (Wildman–Crippen LogP) is 1.72. The molecule has 0 unspecified atom stereocenters. The number of carboxylic acid groups (broad SMARTS) is 1. The summed E-state index contributed by atoms with van der Waals surface area (Å²) in [6.07, 6.45) is 0.492. The van der Waals surface area contributed by atoms with Gasteiger partial charge in [-0.15, -0.1) is 0 Å².